The maximum Gasteiger partial charge on any atom is 0.295 e. The number of amides is 1. The molecule has 0 aliphatic carbocycles. The second kappa shape index (κ2) is 7.28. The Hall–Kier alpha value is -1.36. The van der Waals surface area contributed by atoms with E-state index >= 15 is 0 Å². The fraction of sp³-hybridized carbons (Fsp3) is 0.571. The molecule has 1 aromatic heterocycles. The Morgan fingerprint density at radius 1 is 1.42 bits per heavy atom. The number of carbonyl (C=O) groups excluding carboxylic acids is 1. The van der Waals surface area contributed by atoms with Crippen molar-refractivity contribution >= 4 is 23.3 Å². The molecule has 1 aromatic rings. The van der Waals surface area contributed by atoms with Crippen LogP contribution in [0.1, 0.15) is 42.3 Å². The summed E-state index contributed by atoms with van der Waals surface area (Å²) in [7, 11) is 0. The highest BCUT2D eigenvalue weighted by atomic mass is 32.1. The number of ether oxygens (including phenoxy) is 1. The van der Waals surface area contributed by atoms with Gasteiger partial charge in [-0.05, 0) is 37.1 Å². The van der Waals surface area contributed by atoms with E-state index in [1.54, 1.807) is 6.07 Å². The van der Waals surface area contributed by atoms with Gasteiger partial charge in [-0.3, -0.25) is 4.79 Å². The van der Waals surface area contributed by atoms with Crippen molar-refractivity contribution in [3.05, 3.63) is 22.4 Å². The lowest BCUT2D eigenvalue weighted by molar-refractivity contribution is 0.0996. The van der Waals surface area contributed by atoms with Crippen molar-refractivity contribution in [3.63, 3.8) is 0 Å². The number of thiophene rings is 1. The first-order valence-corrected chi connectivity index (χ1v) is 7.73. The second-order valence-electron chi connectivity index (χ2n) is 4.57. The minimum atomic E-state index is -0.202. The van der Waals surface area contributed by atoms with Crippen molar-refractivity contribution < 1.29 is 9.53 Å². The van der Waals surface area contributed by atoms with E-state index in [0.29, 0.717) is 17.5 Å². The maximum atomic E-state index is 12.0. The molecule has 0 N–H and O–H groups in total. The van der Waals surface area contributed by atoms with E-state index in [9.17, 15) is 4.79 Å². The Morgan fingerprint density at radius 3 is 2.84 bits per heavy atom. The van der Waals surface area contributed by atoms with Crippen LogP contribution < -0.4 is 0 Å². The van der Waals surface area contributed by atoms with Crippen LogP contribution in [-0.4, -0.2) is 36.5 Å². The zero-order chi connectivity index (χ0) is 13.5. The lowest BCUT2D eigenvalue weighted by Crippen LogP contribution is -2.38. The Labute approximate surface area is 118 Å². The van der Waals surface area contributed by atoms with Crippen molar-refractivity contribution in [2.45, 2.75) is 32.6 Å². The van der Waals surface area contributed by atoms with E-state index in [0.717, 1.165) is 32.4 Å². The van der Waals surface area contributed by atoms with Gasteiger partial charge >= 0.3 is 0 Å². The monoisotopic (exact) mass is 280 g/mol. The highest BCUT2D eigenvalue weighted by Gasteiger charge is 2.18. The average Bonchev–Trinajstić information content (AvgIpc) is 2.98. The number of carbonyl (C=O) groups is 1. The third-order valence-electron chi connectivity index (χ3n) is 2.99. The van der Waals surface area contributed by atoms with E-state index in [1.807, 2.05) is 11.4 Å². The predicted octanol–water partition coefficient (Wildman–Crippen LogP) is 3.16. The van der Waals surface area contributed by atoms with Crippen molar-refractivity contribution in [1.29, 1.82) is 0 Å². The van der Waals surface area contributed by atoms with Gasteiger partial charge in [0.05, 0.1) is 11.5 Å². The number of rotatable bonds is 3. The topological polar surface area (TPSA) is 41.9 Å². The quantitative estimate of drug-likeness (QED) is 0.631. The maximum absolute atomic E-state index is 12.0. The van der Waals surface area contributed by atoms with Crippen LogP contribution >= 0.6 is 11.3 Å². The van der Waals surface area contributed by atoms with Crippen LogP contribution in [0.25, 0.3) is 0 Å². The number of hydrogen-bond donors (Lipinski definition) is 0. The summed E-state index contributed by atoms with van der Waals surface area (Å²) in [4.78, 5) is 19.0. The fourth-order valence-corrected chi connectivity index (χ4v) is 2.62. The average molecular weight is 280 g/mol. The largest absolute Gasteiger partial charge is 0.465 e. The Morgan fingerprint density at radius 2 is 2.21 bits per heavy atom. The predicted molar refractivity (Wildman–Crippen MR) is 77.8 cm³/mol. The highest BCUT2D eigenvalue weighted by molar-refractivity contribution is 7.12. The van der Waals surface area contributed by atoms with E-state index in [2.05, 4.69) is 16.8 Å². The van der Waals surface area contributed by atoms with Gasteiger partial charge in [0.2, 0.25) is 0 Å². The molecular weight excluding hydrogens is 260 g/mol. The van der Waals surface area contributed by atoms with Crippen molar-refractivity contribution in [2.24, 2.45) is 4.99 Å². The number of amidine groups is 1. The molecule has 0 atom stereocenters. The molecule has 1 aliphatic heterocycles. The van der Waals surface area contributed by atoms with Crippen molar-refractivity contribution in [1.82, 2.24) is 4.90 Å². The Kier molecular flexibility index (Phi) is 5.39. The molecule has 0 radical (unpaired) electrons. The molecular formula is C14H20N2O2S. The Bertz CT molecular complexity index is 423. The molecule has 4 nitrogen and oxygen atoms in total. The first-order valence-electron chi connectivity index (χ1n) is 6.85. The number of likely N-dealkylation sites (tertiary alicyclic amines) is 1. The molecule has 5 heteroatoms. The van der Waals surface area contributed by atoms with Crippen LogP contribution in [0.2, 0.25) is 0 Å². The van der Waals surface area contributed by atoms with Gasteiger partial charge in [-0.15, -0.1) is 11.3 Å². The second-order valence-corrected chi connectivity index (χ2v) is 5.52. The van der Waals surface area contributed by atoms with Crippen LogP contribution in [-0.2, 0) is 4.74 Å². The van der Waals surface area contributed by atoms with Gasteiger partial charge in [0.1, 0.15) is 0 Å². The summed E-state index contributed by atoms with van der Waals surface area (Å²) in [5, 5.41) is 1.89. The van der Waals surface area contributed by atoms with Crippen molar-refractivity contribution in [3.8, 4) is 0 Å². The molecule has 1 amide bonds. The van der Waals surface area contributed by atoms with Crippen LogP contribution in [0.4, 0.5) is 0 Å². The van der Waals surface area contributed by atoms with Crippen LogP contribution in [0, 0.1) is 0 Å². The van der Waals surface area contributed by atoms with E-state index in [1.165, 1.54) is 17.8 Å². The SMILES string of the molecule is CCCOC(=NC(=O)c1cccs1)N1CCCCC1. The highest BCUT2D eigenvalue weighted by Crippen LogP contribution is 2.13. The third-order valence-corrected chi connectivity index (χ3v) is 3.85. The minimum Gasteiger partial charge on any atom is -0.465 e. The number of piperidine rings is 1. The molecule has 1 saturated heterocycles. The Balaban J connectivity index is 2.09. The molecule has 1 fully saturated rings. The molecule has 0 saturated carbocycles. The first kappa shape index (κ1) is 14.1. The van der Waals surface area contributed by atoms with Gasteiger partial charge in [0.15, 0.2) is 0 Å². The summed E-state index contributed by atoms with van der Waals surface area (Å²) in [5.41, 5.74) is 0. The summed E-state index contributed by atoms with van der Waals surface area (Å²) < 4.78 is 5.66. The third kappa shape index (κ3) is 4.06. The summed E-state index contributed by atoms with van der Waals surface area (Å²) in [5.74, 6) is -0.202. The van der Waals surface area contributed by atoms with Gasteiger partial charge in [-0.25, -0.2) is 0 Å². The summed E-state index contributed by atoms with van der Waals surface area (Å²) >= 11 is 1.41. The van der Waals surface area contributed by atoms with Gasteiger partial charge in [-0.2, -0.15) is 4.99 Å². The van der Waals surface area contributed by atoms with Gasteiger partial charge in [0, 0.05) is 13.1 Å². The standard InChI is InChI=1S/C14H20N2O2S/c1-2-10-18-14(16-8-4-3-5-9-16)15-13(17)12-7-6-11-19-12/h6-7,11H,2-5,8-10H2,1H3. The van der Waals surface area contributed by atoms with E-state index in [4.69, 9.17) is 4.74 Å². The summed E-state index contributed by atoms with van der Waals surface area (Å²) in [6, 6.07) is 4.16. The van der Waals surface area contributed by atoms with Gasteiger partial charge < -0.3 is 9.64 Å². The summed E-state index contributed by atoms with van der Waals surface area (Å²) in [6.45, 7) is 4.52. The molecule has 104 valence electrons. The number of aliphatic imine (C=N–C) groups is 1. The first-order chi connectivity index (χ1) is 9.31. The van der Waals surface area contributed by atoms with Gasteiger partial charge in [-0.1, -0.05) is 13.0 Å². The molecule has 0 unspecified atom stereocenters. The van der Waals surface area contributed by atoms with E-state index in [-0.39, 0.29) is 5.91 Å². The van der Waals surface area contributed by atoms with Crippen LogP contribution in [0.3, 0.4) is 0 Å². The zero-order valence-electron chi connectivity index (χ0n) is 11.3. The molecule has 2 rings (SSSR count). The minimum absolute atomic E-state index is 0.202. The van der Waals surface area contributed by atoms with Crippen molar-refractivity contribution in [2.75, 3.05) is 19.7 Å². The lowest BCUT2D eigenvalue weighted by Gasteiger charge is -2.28. The van der Waals surface area contributed by atoms with Crippen LogP contribution in [0.15, 0.2) is 22.5 Å². The molecule has 19 heavy (non-hydrogen) atoms. The summed E-state index contributed by atoms with van der Waals surface area (Å²) in [6.07, 6.45) is 4.44. The number of nitrogens with zero attached hydrogens (tertiary/aromatic N) is 2. The lowest BCUT2D eigenvalue weighted by atomic mass is 10.1. The van der Waals surface area contributed by atoms with Crippen LogP contribution in [0.5, 0.6) is 0 Å². The van der Waals surface area contributed by atoms with E-state index < -0.39 is 0 Å². The van der Waals surface area contributed by atoms with Gasteiger partial charge in [0.25, 0.3) is 11.9 Å². The fourth-order valence-electron chi connectivity index (χ4n) is 2.02. The molecule has 0 aromatic carbocycles. The molecule has 1 aliphatic rings. The zero-order valence-corrected chi connectivity index (χ0v) is 12.1. The normalized spacial score (nSPS) is 16.5. The molecule has 0 spiro atoms. The molecule has 2 heterocycles. The number of hydrogen-bond acceptors (Lipinski definition) is 3. The molecule has 0 bridgehead atoms. The smallest absolute Gasteiger partial charge is 0.295 e.